The summed E-state index contributed by atoms with van der Waals surface area (Å²) in [6, 6.07) is 19.3. The molecule has 0 bridgehead atoms. The molecule has 0 fully saturated rings. The van der Waals surface area contributed by atoms with Crippen LogP contribution in [0, 0.1) is 6.92 Å². The van der Waals surface area contributed by atoms with Crippen molar-refractivity contribution in [1.29, 1.82) is 0 Å². The van der Waals surface area contributed by atoms with Crippen molar-refractivity contribution >= 4 is 52.1 Å². The maximum Gasteiger partial charge on any atom is 0.255 e. The Morgan fingerprint density at radius 2 is 1.45 bits per heavy atom. The molecule has 3 N–H and O–H groups in total. The van der Waals surface area contributed by atoms with Crippen molar-refractivity contribution in [1.82, 2.24) is 0 Å². The smallest absolute Gasteiger partial charge is 0.255 e. The lowest BCUT2D eigenvalue weighted by molar-refractivity contribution is -0.114. The van der Waals surface area contributed by atoms with Crippen molar-refractivity contribution in [3.63, 3.8) is 0 Å². The van der Waals surface area contributed by atoms with Gasteiger partial charge in [-0.15, -0.1) is 0 Å². The first kappa shape index (κ1) is 20.7. The largest absolute Gasteiger partial charge is 0.376 e. The molecule has 148 valence electrons. The predicted octanol–water partition coefficient (Wildman–Crippen LogP) is 5.60. The summed E-state index contributed by atoms with van der Waals surface area (Å²) in [7, 11) is 0. The molecule has 0 radical (unpaired) electrons. The number of amides is 2. The van der Waals surface area contributed by atoms with Gasteiger partial charge < -0.3 is 16.0 Å². The predicted molar refractivity (Wildman–Crippen MR) is 119 cm³/mol. The highest BCUT2D eigenvalue weighted by atomic mass is 35.5. The minimum absolute atomic E-state index is 0.0732. The highest BCUT2D eigenvalue weighted by Crippen LogP contribution is 2.24. The minimum atomic E-state index is -0.215. The molecular weight excluding hydrogens is 409 g/mol. The molecule has 0 aromatic heterocycles. The quantitative estimate of drug-likeness (QED) is 0.478. The molecule has 5 nitrogen and oxygen atoms in total. The Kier molecular flexibility index (Phi) is 6.75. The van der Waals surface area contributed by atoms with E-state index in [0.717, 1.165) is 5.56 Å². The molecule has 0 aliphatic rings. The van der Waals surface area contributed by atoms with Crippen molar-refractivity contribution < 1.29 is 9.59 Å². The molecule has 2 amide bonds. The number of anilines is 3. The van der Waals surface area contributed by atoms with Gasteiger partial charge in [0.25, 0.3) is 5.91 Å². The lowest BCUT2D eigenvalue weighted by Crippen LogP contribution is -2.21. The van der Waals surface area contributed by atoms with Crippen LogP contribution in [-0.2, 0) is 4.79 Å². The van der Waals surface area contributed by atoms with E-state index in [-0.39, 0.29) is 18.4 Å². The van der Waals surface area contributed by atoms with E-state index in [0.29, 0.717) is 32.7 Å². The topological polar surface area (TPSA) is 70.2 Å². The number of aryl methyl sites for hydroxylation is 1. The number of carbonyl (C=O) groups excluding carboxylic acids is 2. The van der Waals surface area contributed by atoms with Crippen LogP contribution in [0.4, 0.5) is 17.1 Å². The van der Waals surface area contributed by atoms with Crippen LogP contribution in [0.2, 0.25) is 10.0 Å². The van der Waals surface area contributed by atoms with E-state index in [1.54, 1.807) is 48.5 Å². The Morgan fingerprint density at radius 1 is 0.793 bits per heavy atom. The summed E-state index contributed by atoms with van der Waals surface area (Å²) in [5.74, 6) is -0.399. The summed E-state index contributed by atoms with van der Waals surface area (Å²) in [6.07, 6.45) is 0. The fourth-order valence-corrected chi connectivity index (χ4v) is 2.92. The summed E-state index contributed by atoms with van der Waals surface area (Å²) in [6.45, 7) is 2.01. The average Bonchev–Trinajstić information content (AvgIpc) is 2.70. The molecule has 3 rings (SSSR count). The lowest BCUT2D eigenvalue weighted by Gasteiger charge is -2.10. The second-order valence-corrected chi connectivity index (χ2v) is 7.25. The fraction of sp³-hybridized carbons (Fsp3) is 0.0909. The summed E-state index contributed by atoms with van der Waals surface area (Å²) >= 11 is 11.8. The van der Waals surface area contributed by atoms with E-state index in [1.807, 2.05) is 25.1 Å². The number of nitrogens with one attached hydrogen (secondary N) is 3. The van der Waals surface area contributed by atoms with E-state index in [2.05, 4.69) is 16.0 Å². The van der Waals surface area contributed by atoms with Crippen molar-refractivity contribution in [2.75, 3.05) is 22.5 Å². The first-order valence-corrected chi connectivity index (χ1v) is 9.63. The first-order chi connectivity index (χ1) is 13.9. The molecule has 7 heteroatoms. The second-order valence-electron chi connectivity index (χ2n) is 6.43. The standard InChI is InChI=1S/C22H19Cl2N3O2/c1-14-3-2-4-15(11-14)22(29)27-17-7-5-16(6-8-17)26-21(28)13-25-18-9-10-19(23)20(24)12-18/h2-12,25H,13H2,1H3,(H,26,28)(H,27,29). The molecule has 0 aliphatic carbocycles. The van der Waals surface area contributed by atoms with Crippen LogP contribution in [0.3, 0.4) is 0 Å². The molecule has 0 heterocycles. The Labute approximate surface area is 179 Å². The third-order valence-corrected chi connectivity index (χ3v) is 4.82. The molecular formula is C22H19Cl2N3O2. The SMILES string of the molecule is Cc1cccc(C(=O)Nc2ccc(NC(=O)CNc3ccc(Cl)c(Cl)c3)cc2)c1. The minimum Gasteiger partial charge on any atom is -0.376 e. The molecule has 3 aromatic rings. The van der Waals surface area contributed by atoms with Gasteiger partial charge in [0.2, 0.25) is 5.91 Å². The van der Waals surface area contributed by atoms with E-state index >= 15 is 0 Å². The second kappa shape index (κ2) is 9.45. The number of benzene rings is 3. The van der Waals surface area contributed by atoms with Gasteiger partial charge in [-0.05, 0) is 61.5 Å². The van der Waals surface area contributed by atoms with Crippen molar-refractivity contribution in [3.05, 3.63) is 87.9 Å². The van der Waals surface area contributed by atoms with Crippen LogP contribution in [0.1, 0.15) is 15.9 Å². The number of halogens is 2. The van der Waals surface area contributed by atoms with E-state index in [1.165, 1.54) is 0 Å². The van der Waals surface area contributed by atoms with E-state index in [9.17, 15) is 9.59 Å². The van der Waals surface area contributed by atoms with Crippen molar-refractivity contribution in [2.24, 2.45) is 0 Å². The summed E-state index contributed by atoms with van der Waals surface area (Å²) in [5.41, 5.74) is 3.58. The molecule has 0 saturated heterocycles. The van der Waals surface area contributed by atoms with Crippen LogP contribution in [0.25, 0.3) is 0 Å². The van der Waals surface area contributed by atoms with Gasteiger partial charge >= 0.3 is 0 Å². The zero-order valence-electron chi connectivity index (χ0n) is 15.6. The average molecular weight is 428 g/mol. The first-order valence-electron chi connectivity index (χ1n) is 8.87. The number of carbonyl (C=O) groups is 2. The van der Waals surface area contributed by atoms with Gasteiger partial charge in [-0.3, -0.25) is 9.59 Å². The van der Waals surface area contributed by atoms with Gasteiger partial charge in [-0.2, -0.15) is 0 Å². The Balaban J connectivity index is 1.52. The molecule has 29 heavy (non-hydrogen) atoms. The number of rotatable bonds is 6. The van der Waals surface area contributed by atoms with E-state index < -0.39 is 0 Å². The summed E-state index contributed by atoms with van der Waals surface area (Å²) in [5, 5.41) is 9.47. The summed E-state index contributed by atoms with van der Waals surface area (Å²) < 4.78 is 0. The monoisotopic (exact) mass is 427 g/mol. The Hall–Kier alpha value is -3.02. The van der Waals surface area contributed by atoms with E-state index in [4.69, 9.17) is 23.2 Å². The van der Waals surface area contributed by atoms with Crippen LogP contribution < -0.4 is 16.0 Å². The van der Waals surface area contributed by atoms with Gasteiger partial charge in [0, 0.05) is 22.6 Å². The molecule has 0 spiro atoms. The molecule has 0 unspecified atom stereocenters. The Bertz CT molecular complexity index is 1040. The van der Waals surface area contributed by atoms with Gasteiger partial charge in [0.15, 0.2) is 0 Å². The van der Waals surface area contributed by atoms with Crippen LogP contribution in [0.5, 0.6) is 0 Å². The molecule has 0 saturated carbocycles. The highest BCUT2D eigenvalue weighted by molar-refractivity contribution is 6.42. The van der Waals surface area contributed by atoms with Gasteiger partial charge in [0.05, 0.1) is 16.6 Å². The van der Waals surface area contributed by atoms with Crippen LogP contribution in [0.15, 0.2) is 66.7 Å². The van der Waals surface area contributed by atoms with Gasteiger partial charge in [0.1, 0.15) is 0 Å². The summed E-state index contributed by atoms with van der Waals surface area (Å²) in [4.78, 5) is 24.4. The van der Waals surface area contributed by atoms with Crippen LogP contribution >= 0.6 is 23.2 Å². The van der Waals surface area contributed by atoms with Gasteiger partial charge in [-0.1, -0.05) is 40.9 Å². The maximum atomic E-state index is 12.3. The molecule has 3 aromatic carbocycles. The third kappa shape index (κ3) is 5.98. The fourth-order valence-electron chi connectivity index (χ4n) is 2.62. The highest BCUT2D eigenvalue weighted by Gasteiger charge is 2.07. The third-order valence-electron chi connectivity index (χ3n) is 4.08. The molecule has 0 aliphatic heterocycles. The number of hydrogen-bond donors (Lipinski definition) is 3. The number of hydrogen-bond acceptors (Lipinski definition) is 3. The zero-order chi connectivity index (χ0) is 20.8. The van der Waals surface area contributed by atoms with Crippen molar-refractivity contribution in [2.45, 2.75) is 6.92 Å². The Morgan fingerprint density at radius 3 is 2.10 bits per heavy atom. The van der Waals surface area contributed by atoms with Gasteiger partial charge in [-0.25, -0.2) is 0 Å². The normalized spacial score (nSPS) is 10.3. The zero-order valence-corrected chi connectivity index (χ0v) is 17.1. The maximum absolute atomic E-state index is 12.3. The lowest BCUT2D eigenvalue weighted by atomic mass is 10.1. The van der Waals surface area contributed by atoms with Crippen LogP contribution in [-0.4, -0.2) is 18.4 Å². The van der Waals surface area contributed by atoms with Crippen molar-refractivity contribution in [3.8, 4) is 0 Å². The molecule has 0 atom stereocenters.